The summed E-state index contributed by atoms with van der Waals surface area (Å²) in [4.78, 5) is 0. The van der Waals surface area contributed by atoms with Gasteiger partial charge in [0.2, 0.25) is 5.96 Å². The molecule has 0 bridgehead atoms. The van der Waals surface area contributed by atoms with Crippen LogP contribution in [0.25, 0.3) is 12.2 Å². The molecule has 0 heterocycles. The second kappa shape index (κ2) is 10.3. The van der Waals surface area contributed by atoms with E-state index in [0.717, 1.165) is 11.1 Å². The second-order valence-corrected chi connectivity index (χ2v) is 4.68. The Morgan fingerprint density at radius 1 is 0.792 bits per heavy atom. The molecule has 5 nitrogen and oxygen atoms in total. The maximum atomic E-state index is 5.62. The van der Waals surface area contributed by atoms with Crippen LogP contribution in [0, 0.1) is 0 Å². The van der Waals surface area contributed by atoms with Crippen LogP contribution in [0.5, 0.6) is 0 Å². The van der Waals surface area contributed by atoms with Gasteiger partial charge in [0.05, 0.1) is 0 Å². The van der Waals surface area contributed by atoms with Crippen molar-refractivity contribution in [2.45, 2.75) is 0 Å². The minimum absolute atomic E-state index is 0.115. The second-order valence-electron chi connectivity index (χ2n) is 4.68. The summed E-state index contributed by atoms with van der Waals surface area (Å²) in [6.07, 6.45) is 10.6. The highest BCUT2D eigenvalue weighted by molar-refractivity contribution is 5.83. The number of nitrogens with zero attached hydrogens (tertiary/aromatic N) is 3. The van der Waals surface area contributed by atoms with Crippen molar-refractivity contribution in [2.24, 2.45) is 21.0 Å². The first-order valence-corrected chi connectivity index (χ1v) is 7.43. The molecule has 0 saturated heterocycles. The van der Waals surface area contributed by atoms with E-state index in [2.05, 4.69) is 20.7 Å². The van der Waals surface area contributed by atoms with Gasteiger partial charge in [-0.15, -0.1) is 5.10 Å². The molecule has 0 aliphatic heterocycles. The van der Waals surface area contributed by atoms with Gasteiger partial charge in [0, 0.05) is 12.4 Å². The lowest BCUT2D eigenvalue weighted by molar-refractivity contribution is 0.995. The van der Waals surface area contributed by atoms with E-state index >= 15 is 0 Å². The van der Waals surface area contributed by atoms with Gasteiger partial charge in [-0.2, -0.15) is 10.2 Å². The molecule has 120 valence electrons. The van der Waals surface area contributed by atoms with Crippen LogP contribution in [0.2, 0.25) is 0 Å². The van der Waals surface area contributed by atoms with E-state index in [9.17, 15) is 0 Å². The molecule has 2 rings (SSSR count). The Labute approximate surface area is 141 Å². The van der Waals surface area contributed by atoms with Gasteiger partial charge in [0.1, 0.15) is 0 Å². The molecular formula is C19H19N5. The summed E-state index contributed by atoms with van der Waals surface area (Å²) in [5.41, 5.74) is 10.4. The van der Waals surface area contributed by atoms with Crippen molar-refractivity contribution < 1.29 is 0 Å². The highest BCUT2D eigenvalue weighted by atomic mass is 15.4. The summed E-state index contributed by atoms with van der Waals surface area (Å²) in [7, 11) is 0. The van der Waals surface area contributed by atoms with E-state index < -0.39 is 0 Å². The van der Waals surface area contributed by atoms with Crippen LogP contribution in [0.1, 0.15) is 11.1 Å². The van der Waals surface area contributed by atoms with Gasteiger partial charge in [0.25, 0.3) is 0 Å². The Morgan fingerprint density at radius 2 is 1.33 bits per heavy atom. The number of hydrazone groups is 1. The number of hydrogen-bond acceptors (Lipinski definition) is 3. The number of guanidine groups is 1. The summed E-state index contributed by atoms with van der Waals surface area (Å²) in [6, 6.07) is 19.9. The van der Waals surface area contributed by atoms with Gasteiger partial charge in [0.15, 0.2) is 0 Å². The van der Waals surface area contributed by atoms with Gasteiger partial charge < -0.3 is 5.73 Å². The average molecular weight is 317 g/mol. The molecule has 0 aliphatic carbocycles. The fourth-order valence-corrected chi connectivity index (χ4v) is 1.74. The van der Waals surface area contributed by atoms with Gasteiger partial charge in [-0.05, 0) is 23.3 Å². The van der Waals surface area contributed by atoms with Crippen LogP contribution < -0.4 is 11.2 Å². The first-order valence-electron chi connectivity index (χ1n) is 7.43. The van der Waals surface area contributed by atoms with Crippen molar-refractivity contribution in [2.75, 3.05) is 0 Å². The minimum Gasteiger partial charge on any atom is -0.367 e. The molecule has 0 spiro atoms. The monoisotopic (exact) mass is 317 g/mol. The molecule has 0 aromatic heterocycles. The fourth-order valence-electron chi connectivity index (χ4n) is 1.74. The third-order valence-corrected chi connectivity index (χ3v) is 2.83. The zero-order valence-corrected chi connectivity index (χ0v) is 13.2. The number of nitrogens with two attached hydrogens (primary N) is 1. The maximum Gasteiger partial charge on any atom is 0.234 e. The van der Waals surface area contributed by atoms with Gasteiger partial charge in [-0.1, -0.05) is 72.8 Å². The van der Waals surface area contributed by atoms with Gasteiger partial charge >= 0.3 is 0 Å². The quantitative estimate of drug-likeness (QED) is 0.487. The Morgan fingerprint density at radius 3 is 1.92 bits per heavy atom. The van der Waals surface area contributed by atoms with E-state index in [1.807, 2.05) is 78.9 Å². The first-order chi connectivity index (χ1) is 11.8. The lowest BCUT2D eigenvalue weighted by Crippen LogP contribution is -2.26. The molecule has 0 atom stereocenters. The van der Waals surface area contributed by atoms with Crippen molar-refractivity contribution in [1.82, 2.24) is 5.43 Å². The number of nitrogens with one attached hydrogen (secondary N) is 1. The third-order valence-electron chi connectivity index (χ3n) is 2.83. The van der Waals surface area contributed by atoms with Crippen molar-refractivity contribution in [1.29, 1.82) is 0 Å². The van der Waals surface area contributed by atoms with Crippen molar-refractivity contribution in [3.8, 4) is 0 Å². The zero-order chi connectivity index (χ0) is 16.9. The van der Waals surface area contributed by atoms with Crippen molar-refractivity contribution >= 4 is 30.5 Å². The maximum absolute atomic E-state index is 5.62. The predicted octanol–water partition coefficient (Wildman–Crippen LogP) is 3.29. The van der Waals surface area contributed by atoms with Crippen LogP contribution in [0.4, 0.5) is 0 Å². The molecule has 0 fully saturated rings. The van der Waals surface area contributed by atoms with E-state index in [0.29, 0.717) is 0 Å². The highest BCUT2D eigenvalue weighted by Crippen LogP contribution is 2.00. The van der Waals surface area contributed by atoms with Crippen LogP contribution in [-0.4, -0.2) is 18.4 Å². The van der Waals surface area contributed by atoms with Gasteiger partial charge in [-0.25, -0.2) is 5.43 Å². The van der Waals surface area contributed by atoms with Crippen LogP contribution in [0.3, 0.4) is 0 Å². The largest absolute Gasteiger partial charge is 0.367 e. The Kier molecular flexibility index (Phi) is 7.24. The summed E-state index contributed by atoms with van der Waals surface area (Å²) in [5, 5.41) is 11.5. The van der Waals surface area contributed by atoms with Crippen LogP contribution in [-0.2, 0) is 0 Å². The zero-order valence-electron chi connectivity index (χ0n) is 13.2. The summed E-state index contributed by atoms with van der Waals surface area (Å²) in [5.74, 6) is 0.115. The summed E-state index contributed by atoms with van der Waals surface area (Å²) < 4.78 is 0. The third kappa shape index (κ3) is 7.00. The van der Waals surface area contributed by atoms with Crippen molar-refractivity contribution in [3.63, 3.8) is 0 Å². The number of allylic oxidation sites excluding steroid dienone is 2. The molecule has 0 unspecified atom stereocenters. The fraction of sp³-hybridized carbons (Fsp3) is 0. The molecule has 2 aromatic carbocycles. The molecule has 0 amide bonds. The molecule has 0 aliphatic rings. The molecule has 2 aromatic rings. The Hall–Kier alpha value is -3.47. The van der Waals surface area contributed by atoms with Crippen molar-refractivity contribution in [3.05, 3.63) is 83.9 Å². The topological polar surface area (TPSA) is 75.1 Å². The van der Waals surface area contributed by atoms with Crippen LogP contribution >= 0.6 is 0 Å². The SMILES string of the molecule is NC(=NN=CC=Cc1ccccc1)NN=CC=Cc1ccccc1. The number of rotatable bonds is 6. The first kappa shape index (κ1) is 16.9. The lowest BCUT2D eigenvalue weighted by Gasteiger charge is -1.93. The lowest BCUT2D eigenvalue weighted by atomic mass is 10.2. The molecule has 3 N–H and O–H groups in total. The Bertz CT molecular complexity index is 744. The molecule has 5 heteroatoms. The van der Waals surface area contributed by atoms with Gasteiger partial charge in [-0.3, -0.25) is 0 Å². The Balaban J connectivity index is 1.73. The van der Waals surface area contributed by atoms with Crippen LogP contribution in [0.15, 0.2) is 88.1 Å². The molecular weight excluding hydrogens is 298 g/mol. The highest BCUT2D eigenvalue weighted by Gasteiger charge is 1.84. The molecule has 24 heavy (non-hydrogen) atoms. The van der Waals surface area contributed by atoms with E-state index in [1.54, 1.807) is 18.5 Å². The molecule has 0 saturated carbocycles. The molecule has 0 radical (unpaired) electrons. The summed E-state index contributed by atoms with van der Waals surface area (Å²) in [6.45, 7) is 0. The number of benzene rings is 2. The normalized spacial score (nSPS) is 12.8. The smallest absolute Gasteiger partial charge is 0.234 e. The van der Waals surface area contributed by atoms with E-state index in [1.165, 1.54) is 0 Å². The van der Waals surface area contributed by atoms with E-state index in [4.69, 9.17) is 5.73 Å². The minimum atomic E-state index is 0.115. The summed E-state index contributed by atoms with van der Waals surface area (Å²) >= 11 is 0. The standard InChI is InChI=1S/C19H19N5/c20-19(23-21-15-7-13-17-9-3-1-4-10-17)24-22-16-8-14-18-11-5-2-6-12-18/h1-16H,(H3,20,23,24). The number of hydrogen-bond donors (Lipinski definition) is 2. The predicted molar refractivity (Wildman–Crippen MR) is 103 cm³/mol. The van der Waals surface area contributed by atoms with E-state index in [-0.39, 0.29) is 5.96 Å². The average Bonchev–Trinajstić information content (AvgIpc) is 2.63.